The Hall–Kier alpha value is -1.47. The molecule has 6 nitrogen and oxygen atoms in total. The van der Waals surface area contributed by atoms with Gasteiger partial charge in [-0.1, -0.05) is 108 Å². The van der Waals surface area contributed by atoms with Crippen LogP contribution in [0.15, 0.2) is 36.5 Å². The molecule has 5 N–H and O–H groups in total. The topological polar surface area (TPSA) is 110 Å². The number of allylic oxidation sites excluding steroid dienone is 6. The van der Waals surface area contributed by atoms with Gasteiger partial charge in [0.05, 0.1) is 18.8 Å². The second kappa shape index (κ2) is 30.0. The van der Waals surface area contributed by atoms with E-state index >= 15 is 0 Å². The molecule has 41 heavy (non-hydrogen) atoms. The quantitative estimate of drug-likeness (QED) is 0.0467. The summed E-state index contributed by atoms with van der Waals surface area (Å²) in [6.07, 6.45) is 31.6. The number of carbonyl (C=O) groups is 1. The van der Waals surface area contributed by atoms with Crippen molar-refractivity contribution < 1.29 is 25.2 Å². The lowest BCUT2D eigenvalue weighted by molar-refractivity contribution is -0.132. The van der Waals surface area contributed by atoms with Crippen LogP contribution in [0.5, 0.6) is 0 Å². The SMILES string of the molecule is CCCCCC/C=C/CC/C=C/CCCC(O)C(O)C(CO)NC(=O)C(O)CCCC/C=C\CCCCCCCC. The molecule has 0 saturated carbocycles. The van der Waals surface area contributed by atoms with E-state index in [1.54, 1.807) is 0 Å². The van der Waals surface area contributed by atoms with Crippen LogP contribution in [-0.2, 0) is 4.79 Å². The van der Waals surface area contributed by atoms with E-state index in [0.717, 1.165) is 44.9 Å². The summed E-state index contributed by atoms with van der Waals surface area (Å²) >= 11 is 0. The lowest BCUT2D eigenvalue weighted by Gasteiger charge is -2.27. The van der Waals surface area contributed by atoms with Crippen LogP contribution >= 0.6 is 0 Å². The fourth-order valence-corrected chi connectivity index (χ4v) is 4.76. The van der Waals surface area contributed by atoms with Crippen molar-refractivity contribution in [1.29, 1.82) is 0 Å². The Morgan fingerprint density at radius 1 is 0.585 bits per heavy atom. The zero-order chi connectivity index (χ0) is 30.4. The van der Waals surface area contributed by atoms with Crippen molar-refractivity contribution in [2.75, 3.05) is 6.61 Å². The van der Waals surface area contributed by atoms with Gasteiger partial charge in [-0.25, -0.2) is 0 Å². The van der Waals surface area contributed by atoms with Gasteiger partial charge in [-0.05, 0) is 77.0 Å². The molecule has 0 heterocycles. The molecular formula is C35H65NO5. The van der Waals surface area contributed by atoms with Crippen LogP contribution in [0.2, 0.25) is 0 Å². The molecule has 0 spiro atoms. The predicted octanol–water partition coefficient (Wildman–Crippen LogP) is 7.45. The van der Waals surface area contributed by atoms with Gasteiger partial charge in [0.1, 0.15) is 12.2 Å². The van der Waals surface area contributed by atoms with E-state index in [-0.39, 0.29) is 0 Å². The number of nitrogens with one attached hydrogen (secondary N) is 1. The zero-order valence-electron chi connectivity index (χ0n) is 26.5. The molecule has 4 unspecified atom stereocenters. The van der Waals surface area contributed by atoms with Crippen molar-refractivity contribution >= 4 is 5.91 Å². The zero-order valence-corrected chi connectivity index (χ0v) is 26.5. The number of aliphatic hydroxyl groups excluding tert-OH is 4. The van der Waals surface area contributed by atoms with Gasteiger partial charge in [0.15, 0.2) is 0 Å². The molecular weight excluding hydrogens is 514 g/mol. The van der Waals surface area contributed by atoms with Crippen molar-refractivity contribution in [3.8, 4) is 0 Å². The highest BCUT2D eigenvalue weighted by atomic mass is 16.3. The molecule has 4 atom stereocenters. The second-order valence-corrected chi connectivity index (χ2v) is 11.5. The van der Waals surface area contributed by atoms with E-state index in [1.165, 1.54) is 64.2 Å². The maximum absolute atomic E-state index is 12.4. The minimum absolute atomic E-state index is 0.328. The van der Waals surface area contributed by atoms with Gasteiger partial charge >= 0.3 is 0 Å². The minimum atomic E-state index is -1.29. The third-order valence-electron chi connectivity index (χ3n) is 7.55. The minimum Gasteiger partial charge on any atom is -0.394 e. The highest BCUT2D eigenvalue weighted by molar-refractivity contribution is 5.80. The molecule has 0 fully saturated rings. The number of amides is 1. The third kappa shape index (κ3) is 24.8. The summed E-state index contributed by atoms with van der Waals surface area (Å²) in [6.45, 7) is 3.95. The van der Waals surface area contributed by atoms with E-state index < -0.39 is 36.9 Å². The van der Waals surface area contributed by atoms with Crippen LogP contribution in [0.1, 0.15) is 149 Å². The molecule has 0 aliphatic heterocycles. The van der Waals surface area contributed by atoms with Gasteiger partial charge in [-0.3, -0.25) is 4.79 Å². The van der Waals surface area contributed by atoms with Crippen LogP contribution in [0.25, 0.3) is 0 Å². The molecule has 0 bridgehead atoms. The van der Waals surface area contributed by atoms with Gasteiger partial charge in [-0.15, -0.1) is 0 Å². The molecule has 0 saturated heterocycles. The Balaban J connectivity index is 3.99. The average molecular weight is 580 g/mol. The van der Waals surface area contributed by atoms with Gasteiger partial charge in [0.25, 0.3) is 0 Å². The molecule has 6 heteroatoms. The Morgan fingerprint density at radius 3 is 1.56 bits per heavy atom. The van der Waals surface area contributed by atoms with Gasteiger partial charge in [0, 0.05) is 0 Å². The monoisotopic (exact) mass is 579 g/mol. The fraction of sp³-hybridized carbons (Fsp3) is 0.800. The lowest BCUT2D eigenvalue weighted by atomic mass is 10.00. The molecule has 0 radical (unpaired) electrons. The molecule has 0 aromatic rings. The van der Waals surface area contributed by atoms with E-state index in [0.29, 0.717) is 25.7 Å². The Morgan fingerprint density at radius 2 is 1.02 bits per heavy atom. The van der Waals surface area contributed by atoms with Crippen LogP contribution in [0.3, 0.4) is 0 Å². The third-order valence-corrected chi connectivity index (χ3v) is 7.55. The number of rotatable bonds is 29. The van der Waals surface area contributed by atoms with E-state index in [1.807, 2.05) is 0 Å². The van der Waals surface area contributed by atoms with Crippen LogP contribution in [-0.4, -0.2) is 57.3 Å². The van der Waals surface area contributed by atoms with Crippen LogP contribution in [0, 0.1) is 0 Å². The van der Waals surface area contributed by atoms with E-state index in [2.05, 4.69) is 55.6 Å². The van der Waals surface area contributed by atoms with Gasteiger partial charge in [-0.2, -0.15) is 0 Å². The van der Waals surface area contributed by atoms with E-state index in [4.69, 9.17) is 0 Å². The summed E-state index contributed by atoms with van der Waals surface area (Å²) in [5.41, 5.74) is 0. The van der Waals surface area contributed by atoms with Crippen molar-refractivity contribution in [1.82, 2.24) is 5.32 Å². The number of unbranched alkanes of at least 4 members (excludes halogenated alkanes) is 14. The lowest BCUT2D eigenvalue weighted by Crippen LogP contribution is -2.53. The summed E-state index contributed by atoms with van der Waals surface area (Å²) in [5.74, 6) is -0.619. The molecule has 0 aliphatic carbocycles. The highest BCUT2D eigenvalue weighted by Gasteiger charge is 2.28. The first-order valence-electron chi connectivity index (χ1n) is 16.9. The summed E-state index contributed by atoms with van der Waals surface area (Å²) in [7, 11) is 0. The van der Waals surface area contributed by atoms with Crippen LogP contribution in [0.4, 0.5) is 0 Å². The Kier molecular flexibility index (Phi) is 28.9. The molecule has 0 aliphatic rings. The first-order valence-corrected chi connectivity index (χ1v) is 16.9. The van der Waals surface area contributed by atoms with Crippen molar-refractivity contribution in [2.24, 2.45) is 0 Å². The Bertz CT molecular complexity index is 663. The van der Waals surface area contributed by atoms with Crippen molar-refractivity contribution in [2.45, 2.75) is 173 Å². The predicted molar refractivity (Wildman–Crippen MR) is 173 cm³/mol. The smallest absolute Gasteiger partial charge is 0.249 e. The number of aliphatic hydroxyl groups is 4. The summed E-state index contributed by atoms with van der Waals surface area (Å²) in [6, 6.07) is -1.01. The largest absolute Gasteiger partial charge is 0.394 e. The Labute approximate surface area is 252 Å². The maximum Gasteiger partial charge on any atom is 0.249 e. The average Bonchev–Trinajstić information content (AvgIpc) is 2.98. The summed E-state index contributed by atoms with van der Waals surface area (Å²) in [4.78, 5) is 12.4. The normalized spacial score (nSPS) is 15.2. The van der Waals surface area contributed by atoms with E-state index in [9.17, 15) is 25.2 Å². The van der Waals surface area contributed by atoms with Crippen molar-refractivity contribution in [3.05, 3.63) is 36.5 Å². The first kappa shape index (κ1) is 39.5. The summed E-state index contributed by atoms with van der Waals surface area (Å²) < 4.78 is 0. The van der Waals surface area contributed by atoms with Crippen molar-refractivity contribution in [3.63, 3.8) is 0 Å². The van der Waals surface area contributed by atoms with Gasteiger partial charge in [0.2, 0.25) is 5.91 Å². The number of carbonyl (C=O) groups excluding carboxylic acids is 1. The summed E-state index contributed by atoms with van der Waals surface area (Å²) in [5, 5.41) is 43.2. The molecule has 240 valence electrons. The standard InChI is InChI=1S/C35H65NO5/c1-3-5-7-9-11-13-15-17-19-20-22-24-26-28-32(38)34(40)31(30-37)36-35(41)33(39)29-27-25-23-21-18-16-14-12-10-8-6-4-2/h13,15,18,20-22,31-34,37-40H,3-12,14,16-17,19,23-30H2,1-2H3,(H,36,41)/b15-13+,21-18-,22-20+. The number of hydrogen-bond donors (Lipinski definition) is 5. The molecule has 0 aromatic carbocycles. The second-order valence-electron chi connectivity index (χ2n) is 11.5. The van der Waals surface area contributed by atoms with Gasteiger partial charge < -0.3 is 25.7 Å². The first-order chi connectivity index (χ1) is 20.0. The maximum atomic E-state index is 12.4. The molecule has 0 aromatic heterocycles. The number of hydrogen-bond acceptors (Lipinski definition) is 5. The fourth-order valence-electron chi connectivity index (χ4n) is 4.76. The molecule has 0 rings (SSSR count). The molecule has 1 amide bonds. The van der Waals surface area contributed by atoms with Crippen LogP contribution < -0.4 is 5.32 Å². The highest BCUT2D eigenvalue weighted by Crippen LogP contribution is 2.12.